The summed E-state index contributed by atoms with van der Waals surface area (Å²) in [7, 11) is 0. The lowest BCUT2D eigenvalue weighted by molar-refractivity contribution is -0.138. The van der Waals surface area contributed by atoms with Crippen molar-refractivity contribution < 1.29 is 23.4 Å². The van der Waals surface area contributed by atoms with Gasteiger partial charge in [-0.05, 0) is 12.1 Å². The van der Waals surface area contributed by atoms with Crippen molar-refractivity contribution >= 4 is 11.5 Å². The molecule has 0 spiro atoms. The van der Waals surface area contributed by atoms with Crippen LogP contribution >= 0.6 is 0 Å². The molecule has 0 amide bonds. The van der Waals surface area contributed by atoms with Crippen LogP contribution in [0.4, 0.5) is 13.2 Å². The summed E-state index contributed by atoms with van der Waals surface area (Å²) < 4.78 is 39.3. The molecule has 0 saturated heterocycles. The number of hydrogen-bond donors (Lipinski definition) is 3. The highest BCUT2D eigenvalue weighted by molar-refractivity contribution is 6.19. The zero-order chi connectivity index (χ0) is 16.8. The molecule has 0 aliphatic carbocycles. The van der Waals surface area contributed by atoms with Crippen LogP contribution < -0.4 is 5.43 Å². The summed E-state index contributed by atoms with van der Waals surface area (Å²) in [5.74, 6) is -1.65. The van der Waals surface area contributed by atoms with Crippen LogP contribution in [-0.2, 0) is 6.18 Å². The molecule has 1 aromatic heterocycles. The van der Waals surface area contributed by atoms with Crippen molar-refractivity contribution in [2.75, 3.05) is 6.54 Å². The minimum Gasteiger partial charge on any atom is -0.493 e. The quantitative estimate of drug-likeness (QED) is 0.728. The number of aliphatic hydroxyl groups is 2. The summed E-state index contributed by atoms with van der Waals surface area (Å²) in [6.07, 6.45) is -3.63. The Hall–Kier alpha value is -3.06. The highest BCUT2D eigenvalue weighted by Gasteiger charge is 2.40. The zero-order valence-electron chi connectivity index (χ0n) is 11.3. The number of hydrogen-bond acceptors (Lipinski definition) is 6. The number of nitrogens with one attached hydrogen (secondary N) is 1. The fraction of sp³-hybridized carbons (Fsp3) is 0.154. The van der Waals surface area contributed by atoms with Crippen molar-refractivity contribution in [3.05, 3.63) is 46.9 Å². The van der Waals surface area contributed by atoms with Crippen LogP contribution in [0.3, 0.4) is 0 Å². The van der Waals surface area contributed by atoms with E-state index >= 15 is 0 Å². The van der Waals surface area contributed by atoms with Gasteiger partial charge in [0.1, 0.15) is 11.6 Å². The second kappa shape index (κ2) is 4.99. The molecule has 1 aromatic rings. The van der Waals surface area contributed by atoms with Crippen molar-refractivity contribution in [3.63, 3.8) is 0 Å². The van der Waals surface area contributed by atoms with Gasteiger partial charge >= 0.3 is 6.18 Å². The minimum atomic E-state index is -4.73. The first-order valence-electron chi connectivity index (χ1n) is 6.25. The predicted molar refractivity (Wildman–Crippen MR) is 71.3 cm³/mol. The first-order valence-corrected chi connectivity index (χ1v) is 6.25. The number of hydrazine groups is 1. The zero-order valence-corrected chi connectivity index (χ0v) is 11.3. The molecule has 3 N–H and O–H groups in total. The summed E-state index contributed by atoms with van der Waals surface area (Å²) >= 11 is 0. The Bertz CT molecular complexity index is 820. The number of aromatic nitrogens is 1. The molecular weight excluding hydrogens is 315 g/mol. The van der Waals surface area contributed by atoms with E-state index in [9.17, 15) is 23.4 Å². The number of halogens is 3. The van der Waals surface area contributed by atoms with E-state index in [4.69, 9.17) is 5.26 Å². The maximum Gasteiger partial charge on any atom is 0.418 e. The number of aliphatic hydroxyl groups excluding tert-OH is 2. The van der Waals surface area contributed by atoms with Crippen molar-refractivity contribution in [2.45, 2.75) is 6.18 Å². The van der Waals surface area contributed by atoms with Crippen LogP contribution in [0.25, 0.3) is 5.57 Å². The first-order chi connectivity index (χ1) is 10.8. The van der Waals surface area contributed by atoms with Crippen LogP contribution in [-0.4, -0.2) is 32.6 Å². The molecular formula is C13H8F3N5O2. The number of aliphatic imine (C=N–C) groups is 1. The molecule has 2 aliphatic heterocycles. The van der Waals surface area contributed by atoms with E-state index in [-0.39, 0.29) is 17.9 Å². The molecule has 2 aliphatic rings. The lowest BCUT2D eigenvalue weighted by Crippen LogP contribution is -2.35. The summed E-state index contributed by atoms with van der Waals surface area (Å²) in [5, 5.41) is 30.0. The molecule has 3 rings (SSSR count). The highest BCUT2D eigenvalue weighted by Crippen LogP contribution is 2.37. The molecule has 0 atom stereocenters. The maximum absolute atomic E-state index is 13.1. The number of pyridine rings is 1. The average Bonchev–Trinajstić information content (AvgIpc) is 2.89. The number of alkyl halides is 3. The second-order valence-electron chi connectivity index (χ2n) is 4.62. The lowest BCUT2D eigenvalue weighted by atomic mass is 10.0. The Morgan fingerprint density at radius 1 is 1.35 bits per heavy atom. The van der Waals surface area contributed by atoms with Gasteiger partial charge in [0.25, 0.3) is 0 Å². The van der Waals surface area contributed by atoms with Gasteiger partial charge in [-0.1, -0.05) is 0 Å². The third-order valence-corrected chi connectivity index (χ3v) is 3.25. The molecule has 0 bridgehead atoms. The molecule has 0 fully saturated rings. The van der Waals surface area contributed by atoms with Crippen molar-refractivity contribution in [3.8, 4) is 6.07 Å². The van der Waals surface area contributed by atoms with Crippen molar-refractivity contribution in [2.24, 2.45) is 4.99 Å². The summed E-state index contributed by atoms with van der Waals surface area (Å²) in [4.78, 5) is 7.30. The summed E-state index contributed by atoms with van der Waals surface area (Å²) in [5.41, 5.74) is 0.347. The van der Waals surface area contributed by atoms with Gasteiger partial charge in [-0.3, -0.25) is 4.98 Å². The predicted octanol–water partition coefficient (Wildman–Crippen LogP) is 1.85. The highest BCUT2D eigenvalue weighted by atomic mass is 19.4. The number of nitrogens with zero attached hydrogens (tertiary/aromatic N) is 4. The molecule has 0 saturated carbocycles. The van der Waals surface area contributed by atoms with Crippen LogP contribution in [0.5, 0.6) is 0 Å². The van der Waals surface area contributed by atoms with Gasteiger partial charge in [0.15, 0.2) is 5.82 Å². The van der Waals surface area contributed by atoms with Gasteiger partial charge in [-0.15, -0.1) is 0 Å². The van der Waals surface area contributed by atoms with Gasteiger partial charge in [-0.2, -0.15) is 23.4 Å². The Balaban J connectivity index is 2.20. The van der Waals surface area contributed by atoms with Crippen LogP contribution in [0.15, 0.2) is 40.6 Å². The Kier molecular flexibility index (Phi) is 3.23. The van der Waals surface area contributed by atoms with E-state index in [1.54, 1.807) is 0 Å². The third-order valence-electron chi connectivity index (χ3n) is 3.25. The molecule has 23 heavy (non-hydrogen) atoms. The molecule has 0 aromatic carbocycles. The van der Waals surface area contributed by atoms with Crippen LogP contribution in [0.2, 0.25) is 0 Å². The summed E-state index contributed by atoms with van der Waals surface area (Å²) in [6, 6.07) is 3.69. The van der Waals surface area contributed by atoms with Crippen molar-refractivity contribution in [1.29, 1.82) is 5.26 Å². The number of rotatable bonds is 1. The Morgan fingerprint density at radius 2 is 2.09 bits per heavy atom. The molecule has 7 nitrogen and oxygen atoms in total. The SMILES string of the molecule is N#CC1=C2N=C(O)C(c3ncccc3C(F)(F)F)=C(O)N2NC1. The van der Waals surface area contributed by atoms with Crippen molar-refractivity contribution in [1.82, 2.24) is 15.4 Å². The molecule has 0 radical (unpaired) electrons. The molecule has 118 valence electrons. The van der Waals surface area contributed by atoms with Gasteiger partial charge in [0, 0.05) is 6.20 Å². The summed E-state index contributed by atoms with van der Waals surface area (Å²) in [6.45, 7) is 0.0221. The molecule has 10 heteroatoms. The monoisotopic (exact) mass is 323 g/mol. The molecule has 0 unspecified atom stereocenters. The fourth-order valence-electron chi connectivity index (χ4n) is 2.24. The van der Waals surface area contributed by atoms with E-state index in [1.165, 1.54) is 0 Å². The van der Waals surface area contributed by atoms with E-state index in [2.05, 4.69) is 15.4 Å². The average molecular weight is 323 g/mol. The maximum atomic E-state index is 13.1. The van der Waals surface area contributed by atoms with Gasteiger partial charge in [-0.25, -0.2) is 10.4 Å². The number of nitriles is 1. The number of fused-ring (bicyclic) bond motifs is 1. The molecule has 3 heterocycles. The van der Waals surface area contributed by atoms with E-state index in [0.717, 1.165) is 23.3 Å². The van der Waals surface area contributed by atoms with E-state index in [1.807, 2.05) is 6.07 Å². The first kappa shape index (κ1) is 14.9. The largest absolute Gasteiger partial charge is 0.493 e. The van der Waals surface area contributed by atoms with Gasteiger partial charge in [0.05, 0.1) is 23.4 Å². The van der Waals surface area contributed by atoms with Crippen LogP contribution in [0.1, 0.15) is 11.3 Å². The standard InChI is InChI=1S/C13H8F3N5O2/c14-13(15,16)7-2-1-3-18-9(7)8-11(22)20-10-6(4-17)5-19-21(10)12(8)23/h1-3,19,23H,5H2,(H,20,22). The minimum absolute atomic E-state index is 0.0221. The van der Waals surface area contributed by atoms with E-state index in [0.29, 0.717) is 0 Å². The smallest absolute Gasteiger partial charge is 0.418 e. The third kappa shape index (κ3) is 2.27. The lowest BCUT2D eigenvalue weighted by Gasteiger charge is -2.25. The fourth-order valence-corrected chi connectivity index (χ4v) is 2.24. The van der Waals surface area contributed by atoms with Gasteiger partial charge in [0.2, 0.25) is 11.8 Å². The van der Waals surface area contributed by atoms with E-state index < -0.39 is 34.8 Å². The Morgan fingerprint density at radius 3 is 2.74 bits per heavy atom. The normalized spacial score (nSPS) is 18.0. The van der Waals surface area contributed by atoms with Gasteiger partial charge < -0.3 is 10.2 Å². The van der Waals surface area contributed by atoms with Crippen LogP contribution in [0, 0.1) is 11.3 Å². The second-order valence-corrected chi connectivity index (χ2v) is 4.62. The topological polar surface area (TPSA) is 105 Å². The Labute approximate surface area is 127 Å².